The number of nitrogens with zero attached hydrogens (tertiary/aromatic N) is 2. The van der Waals surface area contributed by atoms with Crippen LogP contribution >= 0.6 is 27.7 Å². The van der Waals surface area contributed by atoms with Gasteiger partial charge in [0, 0.05) is 29.6 Å². The molecule has 1 aromatic heterocycles. The molecule has 0 radical (unpaired) electrons. The van der Waals surface area contributed by atoms with Gasteiger partial charge in [0.2, 0.25) is 5.91 Å². The first-order valence-corrected chi connectivity index (χ1v) is 7.44. The molecule has 2 rings (SSSR count). The van der Waals surface area contributed by atoms with E-state index >= 15 is 0 Å². The van der Waals surface area contributed by atoms with Gasteiger partial charge in [-0.25, -0.2) is 4.98 Å². The minimum absolute atomic E-state index is 0.0321. The summed E-state index contributed by atoms with van der Waals surface area (Å²) < 4.78 is 2.88. The van der Waals surface area contributed by atoms with Crippen LogP contribution in [0.1, 0.15) is 6.92 Å². The highest BCUT2D eigenvalue weighted by molar-refractivity contribution is 9.10. The molecule has 4 nitrogen and oxygen atoms in total. The van der Waals surface area contributed by atoms with Crippen LogP contribution in [0, 0.1) is 0 Å². The van der Waals surface area contributed by atoms with Gasteiger partial charge in [-0.05, 0) is 31.2 Å². The maximum Gasteiger partial charge on any atom is 0.237 e. The van der Waals surface area contributed by atoms with Gasteiger partial charge in [-0.2, -0.15) is 0 Å². The summed E-state index contributed by atoms with van der Waals surface area (Å²) in [5, 5.41) is 3.51. The SMILES string of the molecule is CC(Sc1nccn1C)C(=O)Nc1ccc(Br)cc1. The number of rotatable bonds is 4. The van der Waals surface area contributed by atoms with Gasteiger partial charge in [0.05, 0.1) is 5.25 Å². The minimum atomic E-state index is -0.204. The molecule has 1 unspecified atom stereocenters. The Labute approximate surface area is 124 Å². The number of hydrogen-bond acceptors (Lipinski definition) is 3. The van der Waals surface area contributed by atoms with Crippen molar-refractivity contribution in [3.05, 3.63) is 41.1 Å². The van der Waals surface area contributed by atoms with Crippen molar-refractivity contribution in [1.82, 2.24) is 9.55 Å². The summed E-state index contributed by atoms with van der Waals surface area (Å²) in [6, 6.07) is 7.51. The summed E-state index contributed by atoms with van der Waals surface area (Å²) in [5.41, 5.74) is 0.792. The maximum atomic E-state index is 12.1. The van der Waals surface area contributed by atoms with Crippen LogP contribution in [-0.2, 0) is 11.8 Å². The lowest BCUT2D eigenvalue weighted by Gasteiger charge is -2.11. The second kappa shape index (κ2) is 6.25. The van der Waals surface area contributed by atoms with Crippen LogP contribution in [0.2, 0.25) is 0 Å². The molecule has 1 N–H and O–H groups in total. The third-order valence-corrected chi connectivity index (χ3v) is 4.24. The normalized spacial score (nSPS) is 12.2. The molecule has 0 spiro atoms. The Bertz CT molecular complexity index is 568. The molecule has 1 heterocycles. The second-order valence-electron chi connectivity index (χ2n) is 4.08. The van der Waals surface area contributed by atoms with Crippen LogP contribution in [-0.4, -0.2) is 20.7 Å². The largest absolute Gasteiger partial charge is 0.329 e. The Morgan fingerprint density at radius 1 is 1.42 bits per heavy atom. The number of carbonyl (C=O) groups is 1. The Kier molecular flexibility index (Phi) is 4.66. The molecular weight excluding hydrogens is 326 g/mol. The van der Waals surface area contributed by atoms with Crippen molar-refractivity contribution in [2.24, 2.45) is 7.05 Å². The molecule has 1 amide bonds. The van der Waals surface area contributed by atoms with Gasteiger partial charge in [0.1, 0.15) is 0 Å². The summed E-state index contributed by atoms with van der Waals surface area (Å²) in [6.45, 7) is 1.87. The number of benzene rings is 1. The van der Waals surface area contributed by atoms with Crippen LogP contribution in [0.15, 0.2) is 46.3 Å². The van der Waals surface area contributed by atoms with Crippen LogP contribution in [0.5, 0.6) is 0 Å². The molecule has 0 bridgehead atoms. The van der Waals surface area contributed by atoms with E-state index in [-0.39, 0.29) is 11.2 Å². The van der Waals surface area contributed by atoms with Gasteiger partial charge < -0.3 is 9.88 Å². The molecule has 19 heavy (non-hydrogen) atoms. The highest BCUT2D eigenvalue weighted by atomic mass is 79.9. The Morgan fingerprint density at radius 2 is 2.11 bits per heavy atom. The third kappa shape index (κ3) is 3.84. The summed E-state index contributed by atoms with van der Waals surface area (Å²) in [7, 11) is 1.91. The highest BCUT2D eigenvalue weighted by Gasteiger charge is 2.16. The Hall–Kier alpha value is -1.27. The monoisotopic (exact) mass is 339 g/mol. The predicted molar refractivity (Wildman–Crippen MR) is 81.3 cm³/mol. The van der Waals surface area contributed by atoms with E-state index in [0.717, 1.165) is 15.3 Å². The van der Waals surface area contributed by atoms with E-state index < -0.39 is 0 Å². The number of anilines is 1. The van der Waals surface area contributed by atoms with Crippen molar-refractivity contribution in [2.45, 2.75) is 17.3 Å². The lowest BCUT2D eigenvalue weighted by Crippen LogP contribution is -2.22. The molecular formula is C13H14BrN3OS. The van der Waals surface area contributed by atoms with Crippen molar-refractivity contribution in [1.29, 1.82) is 0 Å². The number of imidazole rings is 1. The highest BCUT2D eigenvalue weighted by Crippen LogP contribution is 2.22. The van der Waals surface area contributed by atoms with E-state index in [9.17, 15) is 4.79 Å². The molecule has 0 aliphatic heterocycles. The topological polar surface area (TPSA) is 46.9 Å². The number of aromatic nitrogens is 2. The van der Waals surface area contributed by atoms with Crippen LogP contribution in [0.4, 0.5) is 5.69 Å². The molecule has 1 aromatic carbocycles. The quantitative estimate of drug-likeness (QED) is 0.869. The average Bonchev–Trinajstić information content (AvgIpc) is 2.78. The number of carbonyl (C=O) groups excluding carboxylic acids is 1. The summed E-state index contributed by atoms with van der Waals surface area (Å²) >= 11 is 4.80. The first-order chi connectivity index (χ1) is 9.06. The minimum Gasteiger partial charge on any atom is -0.329 e. The van der Waals surface area contributed by atoms with Gasteiger partial charge in [-0.1, -0.05) is 27.7 Å². The standard InChI is InChI=1S/C13H14BrN3OS/c1-9(19-13-15-7-8-17(13)2)12(18)16-11-5-3-10(14)4-6-11/h3-9H,1-2H3,(H,16,18). The molecule has 0 saturated carbocycles. The fraction of sp³-hybridized carbons (Fsp3) is 0.231. The molecule has 2 aromatic rings. The Balaban J connectivity index is 1.96. The zero-order chi connectivity index (χ0) is 13.8. The molecule has 6 heteroatoms. The molecule has 0 aliphatic carbocycles. The van der Waals surface area contributed by atoms with Crippen molar-refractivity contribution >= 4 is 39.3 Å². The molecule has 100 valence electrons. The zero-order valence-corrected chi connectivity index (χ0v) is 13.0. The first kappa shape index (κ1) is 14.1. The van der Waals surface area contributed by atoms with Gasteiger partial charge in [0.15, 0.2) is 5.16 Å². The first-order valence-electron chi connectivity index (χ1n) is 5.76. The van der Waals surface area contributed by atoms with Crippen LogP contribution < -0.4 is 5.32 Å². The van der Waals surface area contributed by atoms with E-state index in [2.05, 4.69) is 26.2 Å². The van der Waals surface area contributed by atoms with E-state index in [1.54, 1.807) is 6.20 Å². The van der Waals surface area contributed by atoms with Crippen LogP contribution in [0.3, 0.4) is 0 Å². The lowest BCUT2D eigenvalue weighted by molar-refractivity contribution is -0.115. The van der Waals surface area contributed by atoms with E-state index in [4.69, 9.17) is 0 Å². The molecule has 0 fully saturated rings. The number of amides is 1. The van der Waals surface area contributed by atoms with E-state index in [1.807, 2.05) is 49.0 Å². The van der Waals surface area contributed by atoms with Gasteiger partial charge in [0.25, 0.3) is 0 Å². The number of thioether (sulfide) groups is 1. The third-order valence-electron chi connectivity index (χ3n) is 2.54. The number of hydrogen-bond donors (Lipinski definition) is 1. The summed E-state index contributed by atoms with van der Waals surface area (Å²) in [4.78, 5) is 16.3. The smallest absolute Gasteiger partial charge is 0.237 e. The number of aryl methyl sites for hydroxylation is 1. The van der Waals surface area contributed by atoms with Crippen molar-refractivity contribution in [3.63, 3.8) is 0 Å². The summed E-state index contributed by atoms with van der Waals surface area (Å²) in [6.07, 6.45) is 3.59. The fourth-order valence-electron chi connectivity index (χ4n) is 1.45. The van der Waals surface area contributed by atoms with E-state index in [1.165, 1.54) is 11.8 Å². The van der Waals surface area contributed by atoms with Crippen LogP contribution in [0.25, 0.3) is 0 Å². The average molecular weight is 340 g/mol. The number of halogens is 1. The maximum absolute atomic E-state index is 12.1. The van der Waals surface area contributed by atoms with Crippen molar-refractivity contribution < 1.29 is 4.79 Å². The fourth-order valence-corrected chi connectivity index (χ4v) is 2.55. The second-order valence-corrected chi connectivity index (χ2v) is 6.30. The van der Waals surface area contributed by atoms with Gasteiger partial charge >= 0.3 is 0 Å². The molecule has 0 aliphatic rings. The van der Waals surface area contributed by atoms with Gasteiger partial charge in [-0.3, -0.25) is 4.79 Å². The summed E-state index contributed by atoms with van der Waals surface area (Å²) in [5.74, 6) is -0.0321. The molecule has 0 saturated heterocycles. The van der Waals surface area contributed by atoms with Crippen molar-refractivity contribution in [2.75, 3.05) is 5.32 Å². The lowest BCUT2D eigenvalue weighted by atomic mass is 10.3. The van der Waals surface area contributed by atoms with Gasteiger partial charge in [-0.15, -0.1) is 0 Å². The predicted octanol–water partition coefficient (Wildman–Crippen LogP) is 3.30. The Morgan fingerprint density at radius 3 is 2.68 bits per heavy atom. The molecule has 1 atom stereocenters. The van der Waals surface area contributed by atoms with Crippen molar-refractivity contribution in [3.8, 4) is 0 Å². The number of nitrogens with one attached hydrogen (secondary N) is 1. The van der Waals surface area contributed by atoms with E-state index in [0.29, 0.717) is 0 Å². The zero-order valence-electron chi connectivity index (χ0n) is 10.6.